The Morgan fingerprint density at radius 2 is 1.32 bits per heavy atom. The van der Waals surface area contributed by atoms with Crippen LogP contribution in [0.3, 0.4) is 0 Å². The molecule has 0 aromatic heterocycles. The highest BCUT2D eigenvalue weighted by molar-refractivity contribution is 5.90. The highest BCUT2D eigenvalue weighted by Gasteiger charge is 2.48. The first-order valence-corrected chi connectivity index (χ1v) is 8.89. The minimum absolute atomic E-state index is 0.320. The molecule has 1 heterocycles. The van der Waals surface area contributed by atoms with Crippen molar-refractivity contribution >= 4 is 11.9 Å². The van der Waals surface area contributed by atoms with E-state index in [4.69, 9.17) is 18.9 Å². The van der Waals surface area contributed by atoms with Crippen molar-refractivity contribution in [3.63, 3.8) is 0 Å². The molecule has 28 heavy (non-hydrogen) atoms. The number of aliphatic hydroxyl groups excluding tert-OH is 1. The summed E-state index contributed by atoms with van der Waals surface area (Å²) < 4.78 is 21.8. The molecule has 0 radical (unpaired) electrons. The molecule has 148 valence electrons. The quantitative estimate of drug-likeness (QED) is 0.788. The molecule has 2 aromatic carbocycles. The largest absolute Gasteiger partial charge is 0.453 e. The molecule has 0 bridgehead atoms. The summed E-state index contributed by atoms with van der Waals surface area (Å²) in [6, 6.07) is 16.8. The SMILES string of the molecule is CO[C@@H]1O[C@@H](C)[C@@H](OC(=O)c2ccccc2)[C@@H](O)[C@@H]1OC(=O)c1ccccc1. The van der Waals surface area contributed by atoms with E-state index in [0.717, 1.165) is 0 Å². The van der Waals surface area contributed by atoms with Gasteiger partial charge < -0.3 is 24.1 Å². The molecule has 0 aliphatic carbocycles. The van der Waals surface area contributed by atoms with Crippen LogP contribution in [-0.4, -0.2) is 54.9 Å². The maximum atomic E-state index is 12.4. The standard InChI is InChI=1S/C21H22O7/c1-13-17(27-19(23)14-9-5-3-6-10-14)16(22)18(21(25-2)26-13)28-20(24)15-11-7-4-8-12-15/h3-13,16-18,21-22H,1-2H3/t13-,16+,17+,18-,21+/m0/s1. The van der Waals surface area contributed by atoms with E-state index >= 15 is 0 Å². The summed E-state index contributed by atoms with van der Waals surface area (Å²) in [5.74, 6) is -1.25. The minimum atomic E-state index is -1.32. The van der Waals surface area contributed by atoms with Crippen molar-refractivity contribution < 1.29 is 33.6 Å². The molecule has 0 unspecified atom stereocenters. The first kappa shape index (κ1) is 20.0. The molecule has 1 aliphatic heterocycles. The Hall–Kier alpha value is -2.74. The van der Waals surface area contributed by atoms with Gasteiger partial charge in [-0.1, -0.05) is 36.4 Å². The van der Waals surface area contributed by atoms with E-state index in [1.807, 2.05) is 0 Å². The van der Waals surface area contributed by atoms with Gasteiger partial charge >= 0.3 is 11.9 Å². The van der Waals surface area contributed by atoms with E-state index in [9.17, 15) is 14.7 Å². The number of methoxy groups -OCH3 is 1. The van der Waals surface area contributed by atoms with Crippen molar-refractivity contribution in [2.24, 2.45) is 0 Å². The number of carbonyl (C=O) groups is 2. The van der Waals surface area contributed by atoms with Gasteiger partial charge in [-0.2, -0.15) is 0 Å². The van der Waals surface area contributed by atoms with E-state index in [1.165, 1.54) is 7.11 Å². The second-order valence-corrected chi connectivity index (χ2v) is 6.41. The number of esters is 2. The lowest BCUT2D eigenvalue weighted by atomic mass is 9.99. The Balaban J connectivity index is 1.75. The fraction of sp³-hybridized carbons (Fsp3) is 0.333. The van der Waals surface area contributed by atoms with Gasteiger partial charge in [0.1, 0.15) is 6.10 Å². The van der Waals surface area contributed by atoms with Crippen LogP contribution in [0.25, 0.3) is 0 Å². The maximum Gasteiger partial charge on any atom is 0.338 e. The Labute approximate surface area is 162 Å². The van der Waals surface area contributed by atoms with Crippen molar-refractivity contribution in [2.45, 2.75) is 37.6 Å². The highest BCUT2D eigenvalue weighted by Crippen LogP contribution is 2.27. The van der Waals surface area contributed by atoms with Crippen LogP contribution in [0.5, 0.6) is 0 Å². The number of ether oxygens (including phenoxy) is 4. The number of hydrogen-bond donors (Lipinski definition) is 1. The van der Waals surface area contributed by atoms with Gasteiger partial charge in [0.15, 0.2) is 18.5 Å². The monoisotopic (exact) mass is 386 g/mol. The maximum absolute atomic E-state index is 12.4. The summed E-state index contributed by atoms with van der Waals surface area (Å²) in [4.78, 5) is 24.8. The molecule has 5 atom stereocenters. The fourth-order valence-electron chi connectivity index (χ4n) is 3.00. The Bertz CT molecular complexity index is 793. The topological polar surface area (TPSA) is 91.3 Å². The average Bonchev–Trinajstić information content (AvgIpc) is 2.73. The lowest BCUT2D eigenvalue weighted by Gasteiger charge is -2.41. The van der Waals surface area contributed by atoms with Gasteiger partial charge in [0.05, 0.1) is 17.2 Å². The van der Waals surface area contributed by atoms with E-state index in [0.29, 0.717) is 11.1 Å². The van der Waals surface area contributed by atoms with Gasteiger partial charge in [0, 0.05) is 7.11 Å². The predicted molar refractivity (Wildman–Crippen MR) is 98.6 cm³/mol. The third-order valence-electron chi connectivity index (χ3n) is 4.49. The highest BCUT2D eigenvalue weighted by atomic mass is 16.7. The molecular formula is C21H22O7. The van der Waals surface area contributed by atoms with Crippen molar-refractivity contribution in [2.75, 3.05) is 7.11 Å². The first-order chi connectivity index (χ1) is 13.5. The smallest absolute Gasteiger partial charge is 0.338 e. The normalized spacial score (nSPS) is 27.0. The molecule has 0 spiro atoms. The van der Waals surface area contributed by atoms with Crippen LogP contribution in [0.4, 0.5) is 0 Å². The second-order valence-electron chi connectivity index (χ2n) is 6.41. The van der Waals surface area contributed by atoms with Gasteiger partial charge in [0.2, 0.25) is 0 Å². The third-order valence-corrected chi connectivity index (χ3v) is 4.49. The van der Waals surface area contributed by atoms with Gasteiger partial charge in [-0.25, -0.2) is 9.59 Å². The van der Waals surface area contributed by atoms with Crippen molar-refractivity contribution in [3.8, 4) is 0 Å². The first-order valence-electron chi connectivity index (χ1n) is 8.89. The number of benzene rings is 2. The molecule has 7 nitrogen and oxygen atoms in total. The van der Waals surface area contributed by atoms with Crippen LogP contribution in [0.15, 0.2) is 60.7 Å². The molecule has 3 rings (SSSR count). The molecular weight excluding hydrogens is 364 g/mol. The molecule has 1 N–H and O–H groups in total. The van der Waals surface area contributed by atoms with E-state index in [-0.39, 0.29) is 0 Å². The lowest BCUT2D eigenvalue weighted by molar-refractivity contribution is -0.284. The van der Waals surface area contributed by atoms with E-state index in [2.05, 4.69) is 0 Å². The van der Waals surface area contributed by atoms with Crippen LogP contribution in [-0.2, 0) is 18.9 Å². The molecule has 1 aliphatic rings. The summed E-state index contributed by atoms with van der Waals surface area (Å²) in [5, 5.41) is 10.8. The Kier molecular flexibility index (Phi) is 6.41. The van der Waals surface area contributed by atoms with E-state index < -0.39 is 42.6 Å². The third kappa shape index (κ3) is 4.39. The average molecular weight is 386 g/mol. The second kappa shape index (κ2) is 8.97. The zero-order valence-corrected chi connectivity index (χ0v) is 15.6. The van der Waals surface area contributed by atoms with Crippen molar-refractivity contribution in [3.05, 3.63) is 71.8 Å². The zero-order chi connectivity index (χ0) is 20.1. The van der Waals surface area contributed by atoms with Crippen LogP contribution in [0.2, 0.25) is 0 Å². The van der Waals surface area contributed by atoms with Crippen LogP contribution in [0.1, 0.15) is 27.6 Å². The summed E-state index contributed by atoms with van der Waals surface area (Å²) >= 11 is 0. The van der Waals surface area contributed by atoms with Gasteiger partial charge in [-0.05, 0) is 31.2 Å². The van der Waals surface area contributed by atoms with Gasteiger partial charge in [-0.15, -0.1) is 0 Å². The molecule has 0 amide bonds. The van der Waals surface area contributed by atoms with E-state index in [1.54, 1.807) is 67.6 Å². The van der Waals surface area contributed by atoms with Crippen LogP contribution < -0.4 is 0 Å². The summed E-state index contributed by atoms with van der Waals surface area (Å²) in [7, 11) is 1.38. The number of hydrogen-bond acceptors (Lipinski definition) is 7. The molecule has 2 aromatic rings. The predicted octanol–water partition coefficient (Wildman–Crippen LogP) is 2.19. The summed E-state index contributed by atoms with van der Waals surface area (Å²) in [6.07, 6.45) is -5.19. The summed E-state index contributed by atoms with van der Waals surface area (Å²) in [6.45, 7) is 1.65. The lowest BCUT2D eigenvalue weighted by Crippen LogP contribution is -2.59. The zero-order valence-electron chi connectivity index (χ0n) is 15.6. The summed E-state index contributed by atoms with van der Waals surface area (Å²) in [5.41, 5.74) is 0.662. The Morgan fingerprint density at radius 3 is 1.79 bits per heavy atom. The molecule has 0 saturated carbocycles. The fourth-order valence-corrected chi connectivity index (χ4v) is 3.00. The molecule has 1 saturated heterocycles. The minimum Gasteiger partial charge on any atom is -0.453 e. The number of aliphatic hydroxyl groups is 1. The molecule has 1 fully saturated rings. The van der Waals surface area contributed by atoms with Crippen LogP contribution in [0, 0.1) is 0 Å². The van der Waals surface area contributed by atoms with Crippen LogP contribution >= 0.6 is 0 Å². The number of rotatable bonds is 5. The van der Waals surface area contributed by atoms with Crippen molar-refractivity contribution in [1.82, 2.24) is 0 Å². The Morgan fingerprint density at radius 1 is 0.857 bits per heavy atom. The van der Waals surface area contributed by atoms with Crippen molar-refractivity contribution in [1.29, 1.82) is 0 Å². The van der Waals surface area contributed by atoms with Gasteiger partial charge in [-0.3, -0.25) is 0 Å². The number of carbonyl (C=O) groups excluding carboxylic acids is 2. The molecule has 7 heteroatoms. The van der Waals surface area contributed by atoms with Gasteiger partial charge in [0.25, 0.3) is 0 Å².